The van der Waals surface area contributed by atoms with Crippen LogP contribution in [0.1, 0.15) is 36.7 Å². The van der Waals surface area contributed by atoms with Crippen LogP contribution in [0.2, 0.25) is 0 Å². The Balaban J connectivity index is 1.94. The van der Waals surface area contributed by atoms with Crippen molar-refractivity contribution in [2.45, 2.75) is 38.3 Å². The number of rotatable bonds is 3. The van der Waals surface area contributed by atoms with Crippen molar-refractivity contribution in [3.05, 3.63) is 58.3 Å². The van der Waals surface area contributed by atoms with Gasteiger partial charge in [-0.05, 0) is 56.5 Å². The largest absolute Gasteiger partial charge is 0.391 e. The van der Waals surface area contributed by atoms with Crippen molar-refractivity contribution in [1.29, 1.82) is 0 Å². The van der Waals surface area contributed by atoms with Gasteiger partial charge in [0.1, 0.15) is 11.5 Å². The van der Waals surface area contributed by atoms with Gasteiger partial charge in [-0.2, -0.15) is 9.78 Å². The third kappa shape index (κ3) is 3.61. The quantitative estimate of drug-likeness (QED) is 0.920. The van der Waals surface area contributed by atoms with E-state index in [1.54, 1.807) is 11.8 Å². The number of halogens is 1. The molecule has 2 atom stereocenters. The first kappa shape index (κ1) is 17.3. The Morgan fingerprint density at radius 1 is 1.24 bits per heavy atom. The van der Waals surface area contributed by atoms with Crippen molar-refractivity contribution < 1.29 is 14.3 Å². The average molecular weight is 345 g/mol. The van der Waals surface area contributed by atoms with Gasteiger partial charge in [-0.3, -0.25) is 9.59 Å². The number of aromatic nitrogens is 2. The first-order valence-electron chi connectivity index (χ1n) is 8.33. The lowest BCUT2D eigenvalue weighted by atomic mass is 9.97. The number of aliphatic hydroxyl groups is 1. The summed E-state index contributed by atoms with van der Waals surface area (Å²) in [6, 6.07) is 7.71. The maximum Gasteiger partial charge on any atom is 0.274 e. The van der Waals surface area contributed by atoms with Crippen LogP contribution >= 0.6 is 0 Å². The van der Waals surface area contributed by atoms with E-state index in [1.165, 1.54) is 36.4 Å². The van der Waals surface area contributed by atoms with Crippen LogP contribution in [0.3, 0.4) is 0 Å². The smallest absolute Gasteiger partial charge is 0.274 e. The van der Waals surface area contributed by atoms with Crippen molar-refractivity contribution in [3.63, 3.8) is 0 Å². The second-order valence-corrected chi connectivity index (χ2v) is 6.25. The second kappa shape index (κ2) is 7.14. The highest BCUT2D eigenvalue weighted by Gasteiger charge is 2.31. The normalized spacial score (nSPS) is 18.8. The molecule has 1 amide bonds. The molecule has 0 saturated carbocycles. The van der Waals surface area contributed by atoms with E-state index in [-0.39, 0.29) is 17.6 Å². The molecule has 0 aliphatic carbocycles. The van der Waals surface area contributed by atoms with Crippen molar-refractivity contribution in [2.75, 3.05) is 6.54 Å². The number of hydrogen-bond donors (Lipinski definition) is 1. The molecule has 1 fully saturated rings. The zero-order valence-corrected chi connectivity index (χ0v) is 13.9. The van der Waals surface area contributed by atoms with Crippen molar-refractivity contribution in [3.8, 4) is 5.69 Å². The first-order valence-corrected chi connectivity index (χ1v) is 8.33. The summed E-state index contributed by atoms with van der Waals surface area (Å²) >= 11 is 0. The van der Waals surface area contributed by atoms with Gasteiger partial charge in [0.15, 0.2) is 0 Å². The van der Waals surface area contributed by atoms with E-state index in [9.17, 15) is 19.1 Å². The molecule has 3 rings (SSSR count). The van der Waals surface area contributed by atoms with Crippen molar-refractivity contribution in [1.82, 2.24) is 14.7 Å². The van der Waals surface area contributed by atoms with Crippen LogP contribution in [0.15, 0.2) is 41.2 Å². The molecule has 0 radical (unpaired) electrons. The molecule has 25 heavy (non-hydrogen) atoms. The zero-order valence-electron chi connectivity index (χ0n) is 13.9. The molecule has 1 saturated heterocycles. The predicted molar refractivity (Wildman–Crippen MR) is 90.1 cm³/mol. The molecule has 2 heterocycles. The second-order valence-electron chi connectivity index (χ2n) is 6.25. The summed E-state index contributed by atoms with van der Waals surface area (Å²) in [7, 11) is 0. The van der Waals surface area contributed by atoms with Gasteiger partial charge in [-0.15, -0.1) is 0 Å². The van der Waals surface area contributed by atoms with Gasteiger partial charge in [0, 0.05) is 12.6 Å². The molecule has 2 unspecified atom stereocenters. The molecular formula is C18H20FN3O3. The van der Waals surface area contributed by atoms with Crippen LogP contribution in [0.4, 0.5) is 4.39 Å². The van der Waals surface area contributed by atoms with Crippen LogP contribution in [0, 0.1) is 5.82 Å². The van der Waals surface area contributed by atoms with Crippen molar-refractivity contribution in [2.24, 2.45) is 0 Å². The Morgan fingerprint density at radius 3 is 2.64 bits per heavy atom. The van der Waals surface area contributed by atoms with Gasteiger partial charge in [0.05, 0.1) is 17.8 Å². The molecule has 1 aromatic carbocycles. The Morgan fingerprint density at radius 2 is 1.96 bits per heavy atom. The van der Waals surface area contributed by atoms with Gasteiger partial charge in [-0.1, -0.05) is 0 Å². The molecular weight excluding hydrogens is 325 g/mol. The third-order valence-corrected chi connectivity index (χ3v) is 4.46. The molecule has 132 valence electrons. The summed E-state index contributed by atoms with van der Waals surface area (Å²) in [6.45, 7) is 2.22. The number of piperidine rings is 1. The van der Waals surface area contributed by atoms with E-state index >= 15 is 0 Å². The average Bonchev–Trinajstić information content (AvgIpc) is 2.62. The summed E-state index contributed by atoms with van der Waals surface area (Å²) in [5.74, 6) is -0.737. The van der Waals surface area contributed by atoms with Gasteiger partial charge in [0.2, 0.25) is 0 Å². The SMILES string of the molecule is CC(O)C1CCCCN1C(=O)c1ccc(=O)n(-c2ccc(F)cc2)n1. The number of benzene rings is 1. The van der Waals surface area contributed by atoms with Gasteiger partial charge in [0.25, 0.3) is 11.5 Å². The van der Waals surface area contributed by atoms with Gasteiger partial charge >= 0.3 is 0 Å². The minimum absolute atomic E-state index is 0.122. The van der Waals surface area contributed by atoms with Crippen molar-refractivity contribution >= 4 is 5.91 Å². The standard InChI is InChI=1S/C18H20FN3O3/c1-12(23)16-4-2-3-11-21(16)18(25)15-9-10-17(24)22(20-15)14-7-5-13(19)6-8-14/h5-10,12,16,23H,2-4,11H2,1H3. The highest BCUT2D eigenvalue weighted by Crippen LogP contribution is 2.21. The maximum absolute atomic E-state index is 13.1. The fourth-order valence-corrected chi connectivity index (χ4v) is 3.15. The van der Waals surface area contributed by atoms with E-state index in [4.69, 9.17) is 0 Å². The topological polar surface area (TPSA) is 75.4 Å². The van der Waals surface area contributed by atoms with Gasteiger partial charge < -0.3 is 10.0 Å². The number of hydrogen-bond acceptors (Lipinski definition) is 4. The number of carbonyl (C=O) groups excluding carboxylic acids is 1. The number of amides is 1. The third-order valence-electron chi connectivity index (χ3n) is 4.46. The lowest BCUT2D eigenvalue weighted by Crippen LogP contribution is -2.49. The monoisotopic (exact) mass is 345 g/mol. The van der Waals surface area contributed by atoms with Crippen LogP contribution in [0.25, 0.3) is 5.69 Å². The van der Waals surface area contributed by atoms with Crippen LogP contribution in [0.5, 0.6) is 0 Å². The maximum atomic E-state index is 13.1. The molecule has 7 heteroatoms. The molecule has 6 nitrogen and oxygen atoms in total. The number of carbonyl (C=O) groups is 1. The lowest BCUT2D eigenvalue weighted by Gasteiger charge is -2.37. The first-order chi connectivity index (χ1) is 12.0. The van der Waals surface area contributed by atoms with E-state index in [0.29, 0.717) is 12.2 Å². The van der Waals surface area contributed by atoms with Crippen LogP contribution < -0.4 is 5.56 Å². The molecule has 1 N–H and O–H groups in total. The summed E-state index contributed by atoms with van der Waals surface area (Å²) < 4.78 is 14.2. The molecule has 0 spiro atoms. The molecule has 1 aromatic heterocycles. The van der Waals surface area contributed by atoms with E-state index < -0.39 is 17.5 Å². The molecule has 2 aromatic rings. The lowest BCUT2D eigenvalue weighted by molar-refractivity contribution is 0.0275. The summed E-state index contributed by atoms with van der Waals surface area (Å²) in [4.78, 5) is 26.5. The Labute approximate surface area is 144 Å². The predicted octanol–water partition coefficient (Wildman–Crippen LogP) is 1.75. The Kier molecular flexibility index (Phi) is 4.94. The highest BCUT2D eigenvalue weighted by molar-refractivity contribution is 5.92. The Hall–Kier alpha value is -2.54. The minimum atomic E-state index is -0.632. The number of nitrogens with zero attached hydrogens (tertiary/aromatic N) is 3. The van der Waals surface area contributed by atoms with E-state index in [2.05, 4.69) is 5.10 Å². The fraction of sp³-hybridized carbons (Fsp3) is 0.389. The summed E-state index contributed by atoms with van der Waals surface area (Å²) in [5.41, 5.74) is 0.0946. The van der Waals surface area contributed by atoms with Crippen LogP contribution in [-0.4, -0.2) is 44.4 Å². The molecule has 1 aliphatic rings. The number of aliphatic hydroxyl groups excluding tert-OH is 1. The van der Waals surface area contributed by atoms with E-state index in [1.807, 2.05) is 0 Å². The minimum Gasteiger partial charge on any atom is -0.391 e. The van der Waals surface area contributed by atoms with Crippen LogP contribution in [-0.2, 0) is 0 Å². The molecule has 0 bridgehead atoms. The summed E-state index contributed by atoms with van der Waals surface area (Å²) in [5, 5.41) is 14.1. The number of likely N-dealkylation sites (tertiary alicyclic amines) is 1. The fourth-order valence-electron chi connectivity index (χ4n) is 3.15. The van der Waals surface area contributed by atoms with E-state index in [0.717, 1.165) is 23.9 Å². The highest BCUT2D eigenvalue weighted by atomic mass is 19.1. The zero-order chi connectivity index (χ0) is 18.0. The molecule has 1 aliphatic heterocycles. The van der Waals surface area contributed by atoms with Gasteiger partial charge in [-0.25, -0.2) is 4.39 Å². The Bertz CT molecular complexity index is 817. The summed E-state index contributed by atoms with van der Waals surface area (Å²) in [6.07, 6.45) is 1.93.